The Kier molecular flexibility index (Phi) is 7.89. The van der Waals surface area contributed by atoms with Crippen LogP contribution in [0.1, 0.15) is 38.4 Å². The Balaban J connectivity index is 0.00000338. The van der Waals surface area contributed by atoms with E-state index in [1.807, 2.05) is 51.1 Å². The number of rotatable bonds is 5. The van der Waals surface area contributed by atoms with Crippen molar-refractivity contribution in [3.05, 3.63) is 41.6 Å². The fraction of sp³-hybridized carbons (Fsp3) is 0.389. The molecule has 7 nitrogen and oxygen atoms in total. The molecule has 8 heteroatoms. The first-order chi connectivity index (χ1) is 11.8. The number of guanidine groups is 1. The van der Waals surface area contributed by atoms with Crippen LogP contribution in [0.15, 0.2) is 35.3 Å². The molecule has 0 aliphatic rings. The van der Waals surface area contributed by atoms with Gasteiger partial charge in [0, 0.05) is 12.1 Å². The Morgan fingerprint density at radius 3 is 2.54 bits per heavy atom. The van der Waals surface area contributed by atoms with Crippen molar-refractivity contribution in [1.82, 2.24) is 15.1 Å². The summed E-state index contributed by atoms with van der Waals surface area (Å²) < 4.78 is 1.60. The lowest BCUT2D eigenvalue weighted by molar-refractivity contribution is 0.508. The van der Waals surface area contributed by atoms with Gasteiger partial charge >= 0.3 is 0 Å². The molecule has 1 aromatic carbocycles. The largest absolute Gasteiger partial charge is 0.382 e. The topological polar surface area (TPSA) is 118 Å². The van der Waals surface area contributed by atoms with Crippen LogP contribution in [0.25, 0.3) is 5.69 Å². The first-order valence-corrected chi connectivity index (χ1v) is 8.23. The molecule has 140 valence electrons. The molecule has 5 N–H and O–H groups in total. The molecule has 1 aromatic heterocycles. The van der Waals surface area contributed by atoms with Gasteiger partial charge in [0.05, 0.1) is 11.4 Å². The number of halogens is 1. The highest BCUT2D eigenvalue weighted by molar-refractivity contribution is 14.0. The van der Waals surface area contributed by atoms with E-state index in [2.05, 4.69) is 21.5 Å². The molecular formula is C18H26IN7. The minimum atomic E-state index is -0.121. The van der Waals surface area contributed by atoms with E-state index >= 15 is 0 Å². The van der Waals surface area contributed by atoms with Crippen LogP contribution in [-0.4, -0.2) is 27.8 Å². The number of hydrogen-bond donors (Lipinski definition) is 3. The third-order valence-electron chi connectivity index (χ3n) is 3.46. The zero-order valence-corrected chi connectivity index (χ0v) is 17.7. The number of aryl methyl sites for hydroxylation is 1. The molecule has 0 atom stereocenters. The van der Waals surface area contributed by atoms with Gasteiger partial charge in [-0.1, -0.05) is 18.2 Å². The summed E-state index contributed by atoms with van der Waals surface area (Å²) in [7, 11) is 0. The summed E-state index contributed by atoms with van der Waals surface area (Å²) in [6, 6.07) is 11.7. The number of anilines is 1. The first kappa shape index (κ1) is 21.8. The summed E-state index contributed by atoms with van der Waals surface area (Å²) in [6.45, 7) is 6.62. The van der Waals surface area contributed by atoms with Gasteiger partial charge < -0.3 is 16.8 Å². The second-order valence-electron chi connectivity index (χ2n) is 6.81. The Hall–Kier alpha value is -2.28. The molecule has 2 aromatic rings. The van der Waals surface area contributed by atoms with Gasteiger partial charge in [-0.3, -0.25) is 4.99 Å². The van der Waals surface area contributed by atoms with Crippen molar-refractivity contribution >= 4 is 35.8 Å². The molecule has 0 saturated heterocycles. The molecule has 0 saturated carbocycles. The Morgan fingerprint density at radius 2 is 1.96 bits per heavy atom. The van der Waals surface area contributed by atoms with Crippen molar-refractivity contribution in [1.29, 1.82) is 5.26 Å². The summed E-state index contributed by atoms with van der Waals surface area (Å²) in [5.74, 6) is 0.781. The van der Waals surface area contributed by atoms with Crippen molar-refractivity contribution in [3.63, 3.8) is 0 Å². The zero-order valence-electron chi connectivity index (χ0n) is 15.4. The highest BCUT2D eigenvalue weighted by Crippen LogP contribution is 2.21. The van der Waals surface area contributed by atoms with Gasteiger partial charge in [-0.2, -0.15) is 10.4 Å². The van der Waals surface area contributed by atoms with E-state index in [0.717, 1.165) is 12.1 Å². The number of aliphatic imine (C=N–C) groups is 1. The molecule has 26 heavy (non-hydrogen) atoms. The minimum absolute atomic E-state index is 0. The van der Waals surface area contributed by atoms with Crippen molar-refractivity contribution < 1.29 is 0 Å². The average molecular weight is 467 g/mol. The number of nitrogens with zero attached hydrogens (tertiary/aromatic N) is 4. The second kappa shape index (κ2) is 9.43. The summed E-state index contributed by atoms with van der Waals surface area (Å²) in [5, 5.41) is 17.0. The third kappa shape index (κ3) is 5.91. The predicted molar refractivity (Wildman–Crippen MR) is 116 cm³/mol. The van der Waals surface area contributed by atoms with Crippen molar-refractivity contribution in [2.45, 2.75) is 39.2 Å². The van der Waals surface area contributed by atoms with Crippen LogP contribution in [0, 0.1) is 11.3 Å². The summed E-state index contributed by atoms with van der Waals surface area (Å²) in [4.78, 5) is 4.30. The van der Waals surface area contributed by atoms with E-state index < -0.39 is 0 Å². The Morgan fingerprint density at radius 1 is 1.31 bits per heavy atom. The molecule has 2 rings (SSSR count). The lowest BCUT2D eigenvalue weighted by atomic mass is 10.1. The monoisotopic (exact) mass is 467 g/mol. The van der Waals surface area contributed by atoms with Gasteiger partial charge in [0.2, 0.25) is 0 Å². The smallest absolute Gasteiger partial charge is 0.188 e. The molecular weight excluding hydrogens is 441 g/mol. The van der Waals surface area contributed by atoms with Crippen LogP contribution in [0.5, 0.6) is 0 Å². The quantitative estimate of drug-likeness (QED) is 0.270. The highest BCUT2D eigenvalue weighted by atomic mass is 127. The molecule has 0 aliphatic heterocycles. The van der Waals surface area contributed by atoms with Gasteiger partial charge in [-0.15, -0.1) is 24.0 Å². The van der Waals surface area contributed by atoms with Gasteiger partial charge in [0.15, 0.2) is 5.96 Å². The summed E-state index contributed by atoms with van der Waals surface area (Å²) >= 11 is 0. The predicted octanol–water partition coefficient (Wildman–Crippen LogP) is 2.58. The lowest BCUT2D eigenvalue weighted by Gasteiger charge is -2.20. The molecule has 0 spiro atoms. The summed E-state index contributed by atoms with van der Waals surface area (Å²) in [5.41, 5.74) is 13.8. The maximum absolute atomic E-state index is 9.39. The van der Waals surface area contributed by atoms with Crippen molar-refractivity contribution in [2.24, 2.45) is 10.7 Å². The number of nitriles is 1. The normalized spacial score (nSPS) is 11.5. The Bertz CT molecular complexity index is 782. The van der Waals surface area contributed by atoms with Gasteiger partial charge in [-0.05, 0) is 45.7 Å². The van der Waals surface area contributed by atoms with E-state index in [0.29, 0.717) is 36.0 Å². The number of nitrogen functional groups attached to an aromatic ring is 1. The van der Waals surface area contributed by atoms with Crippen LogP contribution in [0.4, 0.5) is 5.82 Å². The molecule has 0 aliphatic carbocycles. The second-order valence-corrected chi connectivity index (χ2v) is 6.81. The third-order valence-corrected chi connectivity index (χ3v) is 3.46. The Labute approximate surface area is 171 Å². The molecule has 0 amide bonds. The zero-order chi connectivity index (χ0) is 18.4. The van der Waals surface area contributed by atoms with Crippen LogP contribution < -0.4 is 16.8 Å². The van der Waals surface area contributed by atoms with Crippen LogP contribution in [0.2, 0.25) is 0 Å². The number of para-hydroxylation sites is 1. The van der Waals surface area contributed by atoms with E-state index in [4.69, 9.17) is 11.5 Å². The van der Waals surface area contributed by atoms with Gasteiger partial charge in [0.1, 0.15) is 17.5 Å². The van der Waals surface area contributed by atoms with Gasteiger partial charge in [0.25, 0.3) is 0 Å². The minimum Gasteiger partial charge on any atom is -0.382 e. The van der Waals surface area contributed by atoms with Gasteiger partial charge in [-0.25, -0.2) is 4.68 Å². The van der Waals surface area contributed by atoms with Crippen molar-refractivity contribution in [2.75, 3.05) is 12.3 Å². The standard InChI is InChI=1S/C18H25N7.HI/c1-18(2,3)23-17(21)22-11-7-10-15-14(12-19)16(20)25(24-15)13-8-5-4-6-9-13;/h4-6,8-9H,7,10-11,20H2,1-3H3,(H3,21,22,23);1H. The molecule has 0 unspecified atom stereocenters. The number of nitrogens with two attached hydrogens (primary N) is 2. The molecule has 0 fully saturated rings. The fourth-order valence-electron chi connectivity index (χ4n) is 2.41. The lowest BCUT2D eigenvalue weighted by Crippen LogP contribution is -2.45. The van der Waals surface area contributed by atoms with Crippen LogP contribution >= 0.6 is 24.0 Å². The van der Waals surface area contributed by atoms with Crippen LogP contribution in [-0.2, 0) is 6.42 Å². The van der Waals surface area contributed by atoms with E-state index in [-0.39, 0.29) is 29.5 Å². The van der Waals surface area contributed by atoms with E-state index in [1.54, 1.807) is 4.68 Å². The number of hydrogen-bond acceptors (Lipinski definition) is 4. The van der Waals surface area contributed by atoms with Crippen LogP contribution in [0.3, 0.4) is 0 Å². The fourth-order valence-corrected chi connectivity index (χ4v) is 2.41. The molecule has 0 bridgehead atoms. The summed E-state index contributed by atoms with van der Waals surface area (Å²) in [6.07, 6.45) is 1.34. The molecule has 0 radical (unpaired) electrons. The van der Waals surface area contributed by atoms with E-state index in [9.17, 15) is 5.26 Å². The van der Waals surface area contributed by atoms with Crippen molar-refractivity contribution in [3.8, 4) is 11.8 Å². The highest BCUT2D eigenvalue weighted by Gasteiger charge is 2.16. The molecule has 1 heterocycles. The number of benzene rings is 1. The SMILES string of the molecule is CC(C)(C)NC(N)=NCCCc1nn(-c2ccccc2)c(N)c1C#N.I. The first-order valence-electron chi connectivity index (χ1n) is 8.23. The average Bonchev–Trinajstić information content (AvgIpc) is 2.86. The van der Waals surface area contributed by atoms with E-state index in [1.165, 1.54) is 0 Å². The number of nitrogens with one attached hydrogen (secondary N) is 1. The maximum atomic E-state index is 9.39. The maximum Gasteiger partial charge on any atom is 0.188 e. The number of aromatic nitrogens is 2.